The average Bonchev–Trinajstić information content (AvgIpc) is 3.24. The van der Waals surface area contributed by atoms with Gasteiger partial charge in [-0.25, -0.2) is 8.42 Å². The summed E-state index contributed by atoms with van der Waals surface area (Å²) < 4.78 is 33.5. The lowest BCUT2D eigenvalue weighted by molar-refractivity contribution is 0.0779. The first-order valence-electron chi connectivity index (χ1n) is 9.86. The number of hydrogen-bond acceptors (Lipinski definition) is 5. The van der Waals surface area contributed by atoms with Crippen molar-refractivity contribution in [1.29, 1.82) is 0 Å². The number of ether oxygens (including phenoxy) is 1. The quantitative estimate of drug-likeness (QED) is 0.592. The summed E-state index contributed by atoms with van der Waals surface area (Å²) in [5.74, 6) is -0.0278. The van der Waals surface area contributed by atoms with Crippen molar-refractivity contribution >= 4 is 21.6 Å². The van der Waals surface area contributed by atoms with Gasteiger partial charge in [-0.15, -0.1) is 0 Å². The van der Waals surface area contributed by atoms with Gasteiger partial charge in [0.15, 0.2) is 0 Å². The zero-order chi connectivity index (χ0) is 22.0. The second-order valence-corrected chi connectivity index (χ2v) is 9.16. The number of hydrogen-bond donors (Lipinski definition) is 0. The standard InChI is InChI=1S/C23H23N3O4S/c1-25(16-18-8-5-6-13-24-18)23(27)20-15-19(10-11-22(20)30-2)31(28,29)26-14-12-17-7-3-4-9-21(17)26/h3-11,13,15H,12,14,16H2,1-2H3. The Morgan fingerprint density at radius 1 is 1.13 bits per heavy atom. The molecule has 0 aliphatic carbocycles. The number of anilines is 1. The van der Waals surface area contributed by atoms with E-state index in [1.807, 2.05) is 30.3 Å². The van der Waals surface area contributed by atoms with Gasteiger partial charge in [0.25, 0.3) is 15.9 Å². The van der Waals surface area contributed by atoms with Crippen molar-refractivity contribution in [2.75, 3.05) is 25.0 Å². The van der Waals surface area contributed by atoms with Gasteiger partial charge in [0, 0.05) is 19.8 Å². The largest absolute Gasteiger partial charge is 0.496 e. The molecule has 0 atom stereocenters. The Balaban J connectivity index is 1.67. The normalized spacial score (nSPS) is 13.0. The molecule has 1 aliphatic heterocycles. The topological polar surface area (TPSA) is 79.8 Å². The first kappa shape index (κ1) is 20.9. The minimum Gasteiger partial charge on any atom is -0.496 e. The number of aromatic nitrogens is 1. The fourth-order valence-corrected chi connectivity index (χ4v) is 5.24. The van der Waals surface area contributed by atoms with Gasteiger partial charge in [0.05, 0.1) is 35.5 Å². The van der Waals surface area contributed by atoms with Crippen LogP contribution in [0.5, 0.6) is 5.75 Å². The van der Waals surface area contributed by atoms with Crippen LogP contribution in [-0.2, 0) is 23.0 Å². The van der Waals surface area contributed by atoms with E-state index in [1.165, 1.54) is 34.5 Å². The number of carbonyl (C=O) groups is 1. The highest BCUT2D eigenvalue weighted by Gasteiger charge is 2.32. The van der Waals surface area contributed by atoms with Crippen LogP contribution in [0.25, 0.3) is 0 Å². The summed E-state index contributed by atoms with van der Waals surface area (Å²) in [7, 11) is -0.722. The van der Waals surface area contributed by atoms with E-state index in [4.69, 9.17) is 4.74 Å². The lowest BCUT2D eigenvalue weighted by Gasteiger charge is -2.22. The highest BCUT2D eigenvalue weighted by Crippen LogP contribution is 2.34. The van der Waals surface area contributed by atoms with E-state index in [0.29, 0.717) is 30.9 Å². The summed E-state index contributed by atoms with van der Waals surface area (Å²) >= 11 is 0. The number of rotatable bonds is 6. The summed E-state index contributed by atoms with van der Waals surface area (Å²) in [6.07, 6.45) is 2.32. The predicted octanol–water partition coefficient (Wildman–Crippen LogP) is 3.11. The molecule has 0 saturated carbocycles. The minimum absolute atomic E-state index is 0.0552. The van der Waals surface area contributed by atoms with E-state index in [-0.39, 0.29) is 16.4 Å². The lowest BCUT2D eigenvalue weighted by atomic mass is 10.1. The molecule has 0 saturated heterocycles. The monoisotopic (exact) mass is 437 g/mol. The molecule has 7 nitrogen and oxygen atoms in total. The highest BCUT2D eigenvalue weighted by atomic mass is 32.2. The van der Waals surface area contributed by atoms with E-state index < -0.39 is 10.0 Å². The van der Waals surface area contributed by atoms with Crippen LogP contribution in [0.15, 0.2) is 71.8 Å². The van der Waals surface area contributed by atoms with Crippen molar-refractivity contribution in [3.63, 3.8) is 0 Å². The number of methoxy groups -OCH3 is 1. The zero-order valence-electron chi connectivity index (χ0n) is 17.4. The van der Waals surface area contributed by atoms with E-state index in [0.717, 1.165) is 11.3 Å². The van der Waals surface area contributed by atoms with Crippen molar-refractivity contribution < 1.29 is 17.9 Å². The summed E-state index contributed by atoms with van der Waals surface area (Å²) in [4.78, 5) is 18.9. The molecule has 1 amide bonds. The smallest absolute Gasteiger partial charge is 0.264 e. The summed E-state index contributed by atoms with van der Waals surface area (Å²) in [5.41, 5.74) is 2.59. The molecular weight excluding hydrogens is 414 g/mol. The average molecular weight is 438 g/mol. The third-order valence-corrected chi connectivity index (χ3v) is 7.12. The van der Waals surface area contributed by atoms with Crippen LogP contribution in [0.2, 0.25) is 0 Å². The van der Waals surface area contributed by atoms with E-state index in [9.17, 15) is 13.2 Å². The second kappa shape index (κ2) is 8.39. The molecule has 1 aliphatic rings. The molecule has 8 heteroatoms. The summed E-state index contributed by atoms with van der Waals surface area (Å²) in [5, 5.41) is 0. The van der Waals surface area contributed by atoms with Gasteiger partial charge in [-0.3, -0.25) is 14.1 Å². The predicted molar refractivity (Wildman–Crippen MR) is 118 cm³/mol. The van der Waals surface area contributed by atoms with Crippen LogP contribution < -0.4 is 9.04 Å². The zero-order valence-corrected chi connectivity index (χ0v) is 18.2. The fourth-order valence-electron chi connectivity index (χ4n) is 3.71. The molecule has 0 N–H and O–H groups in total. The SMILES string of the molecule is COc1ccc(S(=O)(=O)N2CCc3ccccc32)cc1C(=O)N(C)Cc1ccccn1. The molecule has 3 aromatic rings. The molecule has 4 rings (SSSR count). The van der Waals surface area contributed by atoms with Gasteiger partial charge >= 0.3 is 0 Å². The van der Waals surface area contributed by atoms with Crippen molar-refractivity contribution in [3.05, 3.63) is 83.7 Å². The molecule has 0 bridgehead atoms. The Bertz CT molecular complexity index is 1210. The first-order chi connectivity index (χ1) is 14.9. The summed E-state index contributed by atoms with van der Waals surface area (Å²) in [6.45, 7) is 0.663. The molecule has 0 radical (unpaired) electrons. The van der Waals surface area contributed by atoms with Crippen LogP contribution in [-0.4, -0.2) is 44.9 Å². The maximum atomic E-state index is 13.4. The van der Waals surface area contributed by atoms with Crippen LogP contribution >= 0.6 is 0 Å². The fraction of sp³-hybridized carbons (Fsp3) is 0.217. The molecular formula is C23H23N3O4S. The number of nitrogens with zero attached hydrogens (tertiary/aromatic N) is 3. The van der Waals surface area contributed by atoms with E-state index in [2.05, 4.69) is 4.98 Å². The number of amides is 1. The Labute approximate surface area is 182 Å². The highest BCUT2D eigenvalue weighted by molar-refractivity contribution is 7.92. The molecule has 0 fully saturated rings. The number of sulfonamides is 1. The van der Waals surface area contributed by atoms with Crippen molar-refractivity contribution in [2.24, 2.45) is 0 Å². The second-order valence-electron chi connectivity index (χ2n) is 7.30. The molecule has 0 spiro atoms. The molecule has 2 heterocycles. The molecule has 31 heavy (non-hydrogen) atoms. The summed E-state index contributed by atoms with van der Waals surface area (Å²) in [6, 6.07) is 17.3. The van der Waals surface area contributed by atoms with Crippen LogP contribution in [0, 0.1) is 0 Å². The number of pyridine rings is 1. The number of carbonyl (C=O) groups excluding carboxylic acids is 1. The third kappa shape index (κ3) is 3.98. The number of para-hydroxylation sites is 1. The van der Waals surface area contributed by atoms with E-state index >= 15 is 0 Å². The Morgan fingerprint density at radius 2 is 1.90 bits per heavy atom. The van der Waals surface area contributed by atoms with Gasteiger partial charge in [-0.05, 0) is 48.4 Å². The number of fused-ring (bicyclic) bond motifs is 1. The maximum Gasteiger partial charge on any atom is 0.264 e. The van der Waals surface area contributed by atoms with Crippen LogP contribution in [0.4, 0.5) is 5.69 Å². The Kier molecular flexibility index (Phi) is 5.65. The van der Waals surface area contributed by atoms with Gasteiger partial charge < -0.3 is 9.64 Å². The van der Waals surface area contributed by atoms with Crippen molar-refractivity contribution in [1.82, 2.24) is 9.88 Å². The molecule has 2 aromatic carbocycles. The molecule has 1 aromatic heterocycles. The van der Waals surface area contributed by atoms with Crippen molar-refractivity contribution in [3.8, 4) is 5.75 Å². The van der Waals surface area contributed by atoms with E-state index in [1.54, 1.807) is 25.4 Å². The van der Waals surface area contributed by atoms with Crippen molar-refractivity contribution in [2.45, 2.75) is 17.9 Å². The lowest BCUT2D eigenvalue weighted by Crippen LogP contribution is -2.30. The maximum absolute atomic E-state index is 13.4. The van der Waals surface area contributed by atoms with Crippen LogP contribution in [0.1, 0.15) is 21.6 Å². The first-order valence-corrected chi connectivity index (χ1v) is 11.3. The van der Waals surface area contributed by atoms with Gasteiger partial charge in [0.1, 0.15) is 5.75 Å². The van der Waals surface area contributed by atoms with Crippen LogP contribution in [0.3, 0.4) is 0 Å². The van der Waals surface area contributed by atoms with Gasteiger partial charge in [-0.2, -0.15) is 0 Å². The van der Waals surface area contributed by atoms with Gasteiger partial charge in [-0.1, -0.05) is 24.3 Å². The number of benzene rings is 2. The molecule has 160 valence electrons. The molecule has 0 unspecified atom stereocenters. The Hall–Kier alpha value is -3.39. The van der Waals surface area contributed by atoms with Gasteiger partial charge in [0.2, 0.25) is 0 Å². The Morgan fingerprint density at radius 3 is 2.65 bits per heavy atom. The minimum atomic E-state index is -3.82. The third-order valence-electron chi connectivity index (χ3n) is 5.31.